The number of aryl methyl sites for hydroxylation is 1. The van der Waals surface area contributed by atoms with E-state index in [1.807, 2.05) is 0 Å². The van der Waals surface area contributed by atoms with E-state index in [4.69, 9.17) is 16.1 Å². The van der Waals surface area contributed by atoms with Crippen LogP contribution in [0.4, 0.5) is 0 Å². The average Bonchev–Trinajstić information content (AvgIpc) is 3.15. The summed E-state index contributed by atoms with van der Waals surface area (Å²) in [6.07, 6.45) is 0. The van der Waals surface area contributed by atoms with Gasteiger partial charge in [0.1, 0.15) is 34.5 Å². The van der Waals surface area contributed by atoms with Gasteiger partial charge in [-0.1, -0.05) is 35.0 Å². The number of hydrogen-bond acceptors (Lipinski definition) is 6. The normalized spacial score (nSPS) is 23.9. The Kier molecular flexibility index (Phi) is 6.33. The Morgan fingerprint density at radius 2 is 2.00 bits per heavy atom. The molecule has 2 saturated heterocycles. The average molecular weight is 460 g/mol. The van der Waals surface area contributed by atoms with E-state index >= 15 is 0 Å². The van der Waals surface area contributed by atoms with Gasteiger partial charge in [0.15, 0.2) is 0 Å². The fourth-order valence-corrected chi connectivity index (χ4v) is 5.69. The number of nitrogens with one attached hydrogen (secondary N) is 1. The van der Waals surface area contributed by atoms with Crippen LogP contribution in [0.3, 0.4) is 0 Å². The van der Waals surface area contributed by atoms with Crippen molar-refractivity contribution in [1.82, 2.24) is 15.4 Å². The van der Waals surface area contributed by atoms with Gasteiger partial charge in [0.05, 0.1) is 5.02 Å². The molecule has 1 aromatic heterocycles. The number of hydrogen-bond donors (Lipinski definition) is 2. The monoisotopic (exact) mass is 459 g/mol. The molecule has 0 bridgehead atoms. The molecule has 0 unspecified atom stereocenters. The molecule has 3 atom stereocenters. The Morgan fingerprint density at radius 3 is 2.63 bits per heavy atom. The van der Waals surface area contributed by atoms with Crippen LogP contribution in [-0.2, 0) is 9.59 Å². The number of aromatic nitrogens is 1. The Bertz CT molecular complexity index is 1040. The molecule has 2 aliphatic heterocycles. The van der Waals surface area contributed by atoms with Crippen molar-refractivity contribution in [2.75, 3.05) is 0 Å². The Morgan fingerprint density at radius 1 is 1.33 bits per heavy atom. The molecule has 0 spiro atoms. The number of carbonyl (C=O) groups is 3. The van der Waals surface area contributed by atoms with Gasteiger partial charge in [-0.2, -0.15) is 0 Å². The van der Waals surface area contributed by atoms with Gasteiger partial charge < -0.3 is 19.8 Å². The van der Waals surface area contributed by atoms with Crippen molar-refractivity contribution >= 4 is 70.7 Å². The number of nitrogens with zero attached hydrogens (tertiary/aromatic N) is 2. The summed E-state index contributed by atoms with van der Waals surface area (Å²) in [4.78, 5) is 38.6. The minimum atomic E-state index is -1.06. The van der Waals surface area contributed by atoms with Crippen LogP contribution in [0.5, 0.6) is 0 Å². The number of halogens is 1. The maximum absolute atomic E-state index is 13.0. The molecule has 0 saturated carbocycles. The van der Waals surface area contributed by atoms with E-state index in [1.54, 1.807) is 45.0 Å². The molecule has 1 aromatic carbocycles. The quantitative estimate of drug-likeness (QED) is 0.530. The molecule has 2 aliphatic rings. The van der Waals surface area contributed by atoms with Gasteiger partial charge in [-0.3, -0.25) is 9.59 Å². The van der Waals surface area contributed by atoms with E-state index in [9.17, 15) is 19.5 Å². The van der Waals surface area contributed by atoms with E-state index in [-0.39, 0.29) is 40.8 Å². The topological polar surface area (TPSA) is 113 Å². The molecule has 11 heteroatoms. The van der Waals surface area contributed by atoms with Crippen LogP contribution >= 0.6 is 23.4 Å². The molecular weight excluding hydrogens is 441 g/mol. The number of benzene rings is 1. The minimum absolute atomic E-state index is 0. The third-order valence-electron chi connectivity index (χ3n) is 5.18. The number of amides is 2. The van der Waals surface area contributed by atoms with Crippen LogP contribution in [0.25, 0.3) is 11.3 Å². The van der Waals surface area contributed by atoms with Gasteiger partial charge in [0.2, 0.25) is 5.91 Å². The third kappa shape index (κ3) is 3.56. The van der Waals surface area contributed by atoms with Gasteiger partial charge in [-0.05, 0) is 26.8 Å². The number of carboxylic acids is 1. The van der Waals surface area contributed by atoms with Crippen molar-refractivity contribution in [2.45, 2.75) is 43.0 Å². The fourth-order valence-electron chi connectivity index (χ4n) is 3.84. The summed E-state index contributed by atoms with van der Waals surface area (Å²) in [6, 6.07) is 5.18. The fraction of sp³-hybridized carbons (Fsp3) is 0.368. The first-order valence-corrected chi connectivity index (χ1v) is 10.1. The number of rotatable bonds is 4. The molecule has 4 rings (SSSR count). The van der Waals surface area contributed by atoms with Crippen molar-refractivity contribution in [1.29, 1.82) is 0 Å². The molecule has 8 nitrogen and oxygen atoms in total. The van der Waals surface area contributed by atoms with Crippen LogP contribution in [0.15, 0.2) is 28.8 Å². The second-order valence-corrected chi connectivity index (χ2v) is 9.67. The molecule has 2 N–H and O–H groups in total. The van der Waals surface area contributed by atoms with Gasteiger partial charge in [0.25, 0.3) is 5.91 Å². The van der Waals surface area contributed by atoms with E-state index < -0.39 is 40.0 Å². The van der Waals surface area contributed by atoms with Crippen LogP contribution in [0.2, 0.25) is 5.02 Å². The summed E-state index contributed by atoms with van der Waals surface area (Å²) in [5, 5.41) is 16.2. The van der Waals surface area contributed by atoms with E-state index in [0.717, 1.165) is 0 Å². The molecule has 154 valence electrons. The van der Waals surface area contributed by atoms with Crippen molar-refractivity contribution in [3.05, 3.63) is 40.6 Å². The summed E-state index contributed by atoms with van der Waals surface area (Å²) >= 11 is 7.59. The summed E-state index contributed by atoms with van der Waals surface area (Å²) in [5.41, 5.74) is 1.03. The predicted octanol–water partition coefficient (Wildman–Crippen LogP) is 1.90. The van der Waals surface area contributed by atoms with Gasteiger partial charge in [0, 0.05) is 10.3 Å². The second-order valence-electron chi connectivity index (χ2n) is 7.49. The van der Waals surface area contributed by atoms with Crippen molar-refractivity contribution < 1.29 is 24.0 Å². The van der Waals surface area contributed by atoms with Gasteiger partial charge >= 0.3 is 35.5 Å². The first kappa shape index (κ1) is 23.1. The number of aliphatic carboxylic acids is 1. The predicted molar refractivity (Wildman–Crippen MR) is 114 cm³/mol. The molecule has 30 heavy (non-hydrogen) atoms. The number of carboxylic acid groups (broad SMARTS) is 1. The van der Waals surface area contributed by atoms with Crippen LogP contribution in [-0.4, -0.2) is 84.7 Å². The standard InChI is InChI=1S/C19H18ClN3O5S.Na.H/c1-8-11(12(22-28-8)9-6-4-5-7-10(9)20)15(24)21-13-16(25)23-14(18(26)27)19(2,3)29-17(13)23;;/h4-7,13-14,17H,1-3H3,(H,21,24)(H,26,27);;/t13-,14+,17-;;/m1../s1. The number of thioether (sulfide) groups is 1. The zero-order valence-corrected chi connectivity index (χ0v) is 17.4. The van der Waals surface area contributed by atoms with Crippen LogP contribution in [0, 0.1) is 6.92 Å². The van der Waals surface area contributed by atoms with Gasteiger partial charge in [-0.15, -0.1) is 11.8 Å². The third-order valence-corrected chi connectivity index (χ3v) is 7.08. The van der Waals surface area contributed by atoms with E-state index in [2.05, 4.69) is 10.5 Å². The Balaban J connectivity index is 0.00000256. The molecular formula is C19H19ClN3NaO5S. The SMILES string of the molecule is Cc1onc(-c2ccccc2Cl)c1C(=O)N[C@@H]1C(=O)N2[C@@H]1SC(C)(C)[C@@H]2C(=O)O.[NaH]. The van der Waals surface area contributed by atoms with E-state index in [1.165, 1.54) is 16.7 Å². The Hall–Kier alpha value is -1.52. The van der Waals surface area contributed by atoms with Crippen molar-refractivity contribution in [3.8, 4) is 11.3 Å². The van der Waals surface area contributed by atoms with Crippen LogP contribution < -0.4 is 5.32 Å². The molecule has 3 heterocycles. The summed E-state index contributed by atoms with van der Waals surface area (Å²) in [7, 11) is 0. The molecule has 0 radical (unpaired) electrons. The summed E-state index contributed by atoms with van der Waals surface area (Å²) < 4.78 is 4.54. The summed E-state index contributed by atoms with van der Waals surface area (Å²) in [6.45, 7) is 5.16. The second kappa shape index (κ2) is 8.20. The number of fused-ring (bicyclic) bond motifs is 1. The Labute approximate surface area is 204 Å². The number of β-lactam (4-membered cyclic amide) rings is 1. The first-order chi connectivity index (χ1) is 13.6. The summed E-state index contributed by atoms with van der Waals surface area (Å²) in [5.74, 6) is -1.70. The molecule has 2 fully saturated rings. The zero-order valence-electron chi connectivity index (χ0n) is 15.8. The number of carbonyl (C=O) groups excluding carboxylic acids is 2. The van der Waals surface area contributed by atoms with Crippen molar-refractivity contribution in [3.63, 3.8) is 0 Å². The molecule has 0 aliphatic carbocycles. The van der Waals surface area contributed by atoms with Crippen molar-refractivity contribution in [2.24, 2.45) is 0 Å². The van der Waals surface area contributed by atoms with Crippen LogP contribution in [0.1, 0.15) is 30.0 Å². The van der Waals surface area contributed by atoms with Gasteiger partial charge in [-0.25, -0.2) is 4.79 Å². The maximum atomic E-state index is 13.0. The first-order valence-electron chi connectivity index (χ1n) is 8.88. The van der Waals surface area contributed by atoms with E-state index in [0.29, 0.717) is 16.3 Å². The molecule has 2 aromatic rings. The molecule has 2 amide bonds. The zero-order chi connectivity index (χ0) is 21.1.